The second-order valence-corrected chi connectivity index (χ2v) is 7.33. The van der Waals surface area contributed by atoms with E-state index in [0.29, 0.717) is 44.9 Å². The van der Waals surface area contributed by atoms with Crippen molar-refractivity contribution in [2.75, 3.05) is 26.2 Å². The molecule has 0 spiro atoms. The average Bonchev–Trinajstić information content (AvgIpc) is 3.26. The molecule has 2 fully saturated rings. The van der Waals surface area contributed by atoms with E-state index in [-0.39, 0.29) is 17.5 Å². The third kappa shape index (κ3) is 2.81. The molecule has 4 rings (SSSR count). The van der Waals surface area contributed by atoms with E-state index in [2.05, 4.69) is 15.1 Å². The monoisotopic (exact) mass is 372 g/mol. The van der Waals surface area contributed by atoms with E-state index in [9.17, 15) is 9.59 Å². The Morgan fingerprint density at radius 2 is 2.15 bits per heavy atom. The van der Waals surface area contributed by atoms with Gasteiger partial charge in [0.2, 0.25) is 5.91 Å². The van der Waals surface area contributed by atoms with E-state index >= 15 is 0 Å². The highest BCUT2D eigenvalue weighted by molar-refractivity contribution is 5.78. The number of carbonyl (C=O) groups is 2. The SMILES string of the molecule is CCC12COC(=O)N1CCN(C(=O)CCc1c(C)nc3ncnn3c1C)C2. The van der Waals surface area contributed by atoms with Gasteiger partial charge in [-0.1, -0.05) is 6.92 Å². The number of aryl methyl sites for hydroxylation is 2. The molecule has 2 aliphatic heterocycles. The highest BCUT2D eigenvalue weighted by Crippen LogP contribution is 2.32. The second kappa shape index (κ2) is 6.47. The molecule has 2 aromatic rings. The summed E-state index contributed by atoms with van der Waals surface area (Å²) in [6, 6.07) is 0. The van der Waals surface area contributed by atoms with Gasteiger partial charge in [-0.15, -0.1) is 0 Å². The molecule has 0 N–H and O–H groups in total. The van der Waals surface area contributed by atoms with Gasteiger partial charge in [-0.05, 0) is 32.3 Å². The quantitative estimate of drug-likeness (QED) is 0.798. The predicted octanol–water partition coefficient (Wildman–Crippen LogP) is 1.12. The summed E-state index contributed by atoms with van der Waals surface area (Å²) < 4.78 is 6.95. The van der Waals surface area contributed by atoms with Crippen LogP contribution in [0.5, 0.6) is 0 Å². The van der Waals surface area contributed by atoms with Crippen LogP contribution in [-0.4, -0.2) is 73.2 Å². The number of nitrogens with zero attached hydrogens (tertiary/aromatic N) is 6. The minimum absolute atomic E-state index is 0.0966. The molecule has 2 saturated heterocycles. The van der Waals surface area contributed by atoms with Crippen LogP contribution in [0.2, 0.25) is 0 Å². The smallest absolute Gasteiger partial charge is 0.410 e. The molecule has 0 aromatic carbocycles. The summed E-state index contributed by atoms with van der Waals surface area (Å²) in [5.41, 5.74) is 2.50. The fourth-order valence-electron chi connectivity index (χ4n) is 4.18. The molecule has 27 heavy (non-hydrogen) atoms. The molecule has 0 saturated carbocycles. The lowest BCUT2D eigenvalue weighted by molar-refractivity contribution is -0.135. The maximum absolute atomic E-state index is 12.9. The van der Waals surface area contributed by atoms with Crippen molar-refractivity contribution < 1.29 is 14.3 Å². The normalized spacial score (nSPS) is 22.3. The number of hydrogen-bond donors (Lipinski definition) is 0. The first-order valence-electron chi connectivity index (χ1n) is 9.33. The summed E-state index contributed by atoms with van der Waals surface area (Å²) in [4.78, 5) is 37.0. The third-order valence-electron chi connectivity index (χ3n) is 5.92. The highest BCUT2D eigenvalue weighted by Gasteiger charge is 2.50. The first kappa shape index (κ1) is 17.7. The Labute approximate surface area is 157 Å². The van der Waals surface area contributed by atoms with Crippen molar-refractivity contribution in [1.29, 1.82) is 0 Å². The fraction of sp³-hybridized carbons (Fsp3) is 0.611. The largest absolute Gasteiger partial charge is 0.447 e. The van der Waals surface area contributed by atoms with Gasteiger partial charge in [-0.25, -0.2) is 14.3 Å². The molecule has 0 radical (unpaired) electrons. The Kier molecular flexibility index (Phi) is 4.24. The molecule has 9 heteroatoms. The van der Waals surface area contributed by atoms with Crippen LogP contribution < -0.4 is 0 Å². The van der Waals surface area contributed by atoms with Crippen LogP contribution in [0, 0.1) is 13.8 Å². The van der Waals surface area contributed by atoms with E-state index in [1.165, 1.54) is 6.33 Å². The second-order valence-electron chi connectivity index (χ2n) is 7.33. The van der Waals surface area contributed by atoms with Crippen LogP contribution in [0.1, 0.15) is 36.7 Å². The lowest BCUT2D eigenvalue weighted by atomic mass is 9.92. The van der Waals surface area contributed by atoms with Gasteiger partial charge in [0, 0.05) is 37.4 Å². The van der Waals surface area contributed by atoms with Crippen molar-refractivity contribution in [2.45, 2.75) is 45.6 Å². The Morgan fingerprint density at radius 1 is 1.33 bits per heavy atom. The summed E-state index contributed by atoms with van der Waals surface area (Å²) >= 11 is 0. The minimum atomic E-state index is -0.377. The summed E-state index contributed by atoms with van der Waals surface area (Å²) in [5, 5.41) is 4.20. The lowest BCUT2D eigenvalue weighted by Gasteiger charge is -2.44. The zero-order valence-corrected chi connectivity index (χ0v) is 15.9. The molecular formula is C18H24N6O3. The summed E-state index contributed by atoms with van der Waals surface area (Å²) in [7, 11) is 0. The molecule has 1 unspecified atom stereocenters. The van der Waals surface area contributed by atoms with Crippen molar-refractivity contribution in [3.63, 3.8) is 0 Å². The number of hydrogen-bond acceptors (Lipinski definition) is 6. The van der Waals surface area contributed by atoms with Crippen molar-refractivity contribution in [2.24, 2.45) is 0 Å². The van der Waals surface area contributed by atoms with Gasteiger partial charge < -0.3 is 9.64 Å². The first-order chi connectivity index (χ1) is 12.9. The van der Waals surface area contributed by atoms with E-state index in [1.54, 1.807) is 9.42 Å². The fourth-order valence-corrected chi connectivity index (χ4v) is 4.18. The Balaban J connectivity index is 1.47. The molecule has 1 atom stereocenters. The van der Waals surface area contributed by atoms with Gasteiger partial charge in [0.1, 0.15) is 12.9 Å². The molecular weight excluding hydrogens is 348 g/mol. The molecule has 2 aromatic heterocycles. The van der Waals surface area contributed by atoms with E-state index < -0.39 is 0 Å². The number of carbonyl (C=O) groups excluding carboxylic acids is 2. The lowest BCUT2D eigenvalue weighted by Crippen LogP contribution is -2.62. The van der Waals surface area contributed by atoms with E-state index in [1.807, 2.05) is 25.7 Å². The van der Waals surface area contributed by atoms with Gasteiger partial charge in [0.05, 0.1) is 5.54 Å². The molecule has 0 aliphatic carbocycles. The van der Waals surface area contributed by atoms with Crippen LogP contribution in [0.3, 0.4) is 0 Å². The standard InChI is InChI=1S/C18H24N6O3/c1-4-18-9-22(7-8-23(18)17(26)27-10-18)15(25)6-5-14-12(2)21-16-19-11-20-24(16)13(14)3/h11H,4-10H2,1-3H3. The number of cyclic esters (lactones) is 1. The zero-order chi connectivity index (χ0) is 19.2. The summed E-state index contributed by atoms with van der Waals surface area (Å²) in [5.74, 6) is 0.672. The molecule has 144 valence electrons. The van der Waals surface area contributed by atoms with Gasteiger partial charge in [0.25, 0.3) is 5.78 Å². The van der Waals surface area contributed by atoms with Gasteiger partial charge in [0.15, 0.2) is 0 Å². The zero-order valence-electron chi connectivity index (χ0n) is 15.9. The van der Waals surface area contributed by atoms with Crippen LogP contribution in [0.4, 0.5) is 4.79 Å². The van der Waals surface area contributed by atoms with Crippen LogP contribution in [0.15, 0.2) is 6.33 Å². The Hall–Kier alpha value is -2.71. The topological polar surface area (TPSA) is 92.9 Å². The number of ether oxygens (including phenoxy) is 1. The Morgan fingerprint density at radius 3 is 2.93 bits per heavy atom. The van der Waals surface area contributed by atoms with Crippen molar-refractivity contribution in [3.05, 3.63) is 23.3 Å². The maximum Gasteiger partial charge on any atom is 0.410 e. The number of rotatable bonds is 4. The minimum Gasteiger partial charge on any atom is -0.447 e. The van der Waals surface area contributed by atoms with Gasteiger partial charge in [-0.2, -0.15) is 10.1 Å². The van der Waals surface area contributed by atoms with E-state index in [4.69, 9.17) is 4.74 Å². The number of fused-ring (bicyclic) bond motifs is 2. The van der Waals surface area contributed by atoms with Crippen molar-refractivity contribution >= 4 is 17.8 Å². The van der Waals surface area contributed by atoms with E-state index in [0.717, 1.165) is 23.4 Å². The summed E-state index contributed by atoms with van der Waals surface area (Å²) in [6.07, 6.45) is 3.00. The number of amides is 2. The number of aromatic nitrogens is 4. The van der Waals surface area contributed by atoms with Crippen molar-refractivity contribution in [1.82, 2.24) is 29.4 Å². The average molecular weight is 372 g/mol. The third-order valence-corrected chi connectivity index (χ3v) is 5.92. The first-order valence-corrected chi connectivity index (χ1v) is 9.33. The molecule has 9 nitrogen and oxygen atoms in total. The molecule has 4 heterocycles. The number of piperazine rings is 1. The molecule has 2 aliphatic rings. The van der Waals surface area contributed by atoms with Crippen LogP contribution in [0.25, 0.3) is 5.78 Å². The van der Waals surface area contributed by atoms with Crippen LogP contribution >= 0.6 is 0 Å². The predicted molar refractivity (Wildman–Crippen MR) is 96.2 cm³/mol. The van der Waals surface area contributed by atoms with Crippen LogP contribution in [-0.2, 0) is 16.0 Å². The molecule has 0 bridgehead atoms. The van der Waals surface area contributed by atoms with Gasteiger partial charge in [-0.3, -0.25) is 9.69 Å². The summed E-state index contributed by atoms with van der Waals surface area (Å²) in [6.45, 7) is 7.92. The van der Waals surface area contributed by atoms with Gasteiger partial charge >= 0.3 is 6.09 Å². The van der Waals surface area contributed by atoms with Crippen molar-refractivity contribution in [3.8, 4) is 0 Å². The Bertz CT molecular complexity index is 910. The molecule has 2 amide bonds. The highest BCUT2D eigenvalue weighted by atomic mass is 16.6. The maximum atomic E-state index is 12.9.